The Bertz CT molecular complexity index is 895. The molecule has 0 spiro atoms. The molecule has 26 heavy (non-hydrogen) atoms. The maximum atomic E-state index is 12.0. The van der Waals surface area contributed by atoms with Crippen LogP contribution in [0.4, 0.5) is 0 Å². The van der Waals surface area contributed by atoms with Crippen molar-refractivity contribution in [1.82, 2.24) is 20.6 Å². The number of nitrogens with one attached hydrogen (secondary N) is 2. The highest BCUT2D eigenvalue weighted by atomic mass is 79.9. The summed E-state index contributed by atoms with van der Waals surface area (Å²) < 4.78 is 1.03. The second-order valence-corrected chi connectivity index (χ2v) is 7.98. The van der Waals surface area contributed by atoms with Crippen molar-refractivity contribution >= 4 is 50.4 Å². The van der Waals surface area contributed by atoms with Gasteiger partial charge >= 0.3 is 0 Å². The van der Waals surface area contributed by atoms with Crippen molar-refractivity contribution in [2.75, 3.05) is 13.1 Å². The molecule has 0 saturated heterocycles. The molecule has 0 aliphatic rings. The summed E-state index contributed by atoms with van der Waals surface area (Å²) in [7, 11) is 0. The van der Waals surface area contributed by atoms with Crippen LogP contribution in [-0.2, 0) is 11.2 Å². The fourth-order valence-electron chi connectivity index (χ4n) is 2.13. The highest BCUT2D eigenvalue weighted by Crippen LogP contribution is 2.31. The van der Waals surface area contributed by atoms with Gasteiger partial charge in [-0.05, 0) is 34.1 Å². The number of nitrogens with zero attached hydrogens (tertiary/aromatic N) is 2. The lowest BCUT2D eigenvalue weighted by Crippen LogP contribution is -2.35. The second kappa shape index (κ2) is 9.02. The maximum absolute atomic E-state index is 12.0. The van der Waals surface area contributed by atoms with Gasteiger partial charge in [0, 0.05) is 40.7 Å². The van der Waals surface area contributed by atoms with Gasteiger partial charge in [0.05, 0.1) is 22.6 Å². The van der Waals surface area contributed by atoms with Gasteiger partial charge in [0.25, 0.3) is 5.91 Å². The first-order valence-corrected chi connectivity index (χ1v) is 10.3. The van der Waals surface area contributed by atoms with E-state index in [1.54, 1.807) is 29.7 Å². The lowest BCUT2D eigenvalue weighted by molar-refractivity contribution is -0.120. The Morgan fingerprint density at radius 1 is 1.15 bits per heavy atom. The van der Waals surface area contributed by atoms with Gasteiger partial charge in [-0.1, -0.05) is 0 Å². The average Bonchev–Trinajstić information content (AvgIpc) is 3.28. The van der Waals surface area contributed by atoms with Crippen LogP contribution >= 0.6 is 38.6 Å². The molecule has 0 aliphatic heterocycles. The zero-order chi connectivity index (χ0) is 18.4. The Balaban J connectivity index is 1.41. The number of rotatable bonds is 7. The number of aromatic nitrogens is 2. The third-order valence-electron chi connectivity index (χ3n) is 3.33. The van der Waals surface area contributed by atoms with Gasteiger partial charge in [0.15, 0.2) is 0 Å². The minimum absolute atomic E-state index is 0.121. The van der Waals surface area contributed by atoms with Crippen molar-refractivity contribution in [2.24, 2.45) is 0 Å². The Morgan fingerprint density at radius 3 is 2.73 bits per heavy atom. The summed E-state index contributed by atoms with van der Waals surface area (Å²) in [5.41, 5.74) is 1.24. The first-order chi connectivity index (χ1) is 12.6. The number of carbonyl (C=O) groups is 2. The number of amides is 2. The molecule has 3 heterocycles. The van der Waals surface area contributed by atoms with E-state index in [0.29, 0.717) is 18.7 Å². The summed E-state index contributed by atoms with van der Waals surface area (Å²) in [6.07, 6.45) is 3.33. The molecule has 0 aliphatic carbocycles. The minimum atomic E-state index is -0.210. The number of hydrogen-bond donors (Lipinski definition) is 2. The van der Waals surface area contributed by atoms with Crippen molar-refractivity contribution in [3.05, 3.63) is 57.1 Å². The summed E-state index contributed by atoms with van der Waals surface area (Å²) in [6, 6.07) is 5.40. The van der Waals surface area contributed by atoms with E-state index in [1.165, 1.54) is 17.5 Å². The average molecular weight is 451 g/mol. The minimum Gasteiger partial charge on any atom is -0.354 e. The van der Waals surface area contributed by atoms with Gasteiger partial charge in [0.2, 0.25) is 5.91 Å². The summed E-state index contributed by atoms with van der Waals surface area (Å²) in [5.74, 6) is -0.330. The lowest BCUT2D eigenvalue weighted by Gasteiger charge is -2.06. The quantitative estimate of drug-likeness (QED) is 0.541. The van der Waals surface area contributed by atoms with E-state index >= 15 is 0 Å². The van der Waals surface area contributed by atoms with Crippen LogP contribution in [0.15, 0.2) is 45.8 Å². The highest BCUT2D eigenvalue weighted by molar-refractivity contribution is 9.10. The largest absolute Gasteiger partial charge is 0.354 e. The number of halogens is 1. The van der Waals surface area contributed by atoms with Crippen molar-refractivity contribution < 1.29 is 9.59 Å². The van der Waals surface area contributed by atoms with Gasteiger partial charge in [-0.3, -0.25) is 14.6 Å². The zero-order valence-corrected chi connectivity index (χ0v) is 16.8. The Hall–Kier alpha value is -2.10. The van der Waals surface area contributed by atoms with E-state index in [4.69, 9.17) is 0 Å². The van der Waals surface area contributed by atoms with E-state index < -0.39 is 0 Å². The first kappa shape index (κ1) is 18.7. The van der Waals surface area contributed by atoms with Crippen molar-refractivity contribution in [1.29, 1.82) is 0 Å². The second-order valence-electron chi connectivity index (χ2n) is 5.30. The topological polar surface area (TPSA) is 84.0 Å². The predicted octanol–water partition coefficient (Wildman–Crippen LogP) is 3.12. The molecule has 3 rings (SSSR count). The molecule has 3 aromatic rings. The van der Waals surface area contributed by atoms with Crippen LogP contribution in [0, 0.1) is 0 Å². The molecule has 0 fully saturated rings. The molecule has 0 aromatic carbocycles. The molecule has 2 amide bonds. The summed E-state index contributed by atoms with van der Waals surface area (Å²) in [6.45, 7) is 0.713. The Labute approximate surface area is 166 Å². The smallest absolute Gasteiger partial charge is 0.252 e. The molecular formula is C17H15BrN4O2S2. The normalized spacial score (nSPS) is 10.5. The van der Waals surface area contributed by atoms with Crippen LogP contribution in [0.5, 0.6) is 0 Å². The third kappa shape index (κ3) is 5.20. The van der Waals surface area contributed by atoms with Gasteiger partial charge in [-0.15, -0.1) is 22.7 Å². The van der Waals surface area contributed by atoms with E-state index in [-0.39, 0.29) is 18.2 Å². The van der Waals surface area contributed by atoms with Crippen LogP contribution in [-0.4, -0.2) is 34.9 Å². The van der Waals surface area contributed by atoms with Gasteiger partial charge in [0.1, 0.15) is 5.01 Å². The zero-order valence-electron chi connectivity index (χ0n) is 13.6. The number of pyridine rings is 1. The molecule has 134 valence electrons. The summed E-state index contributed by atoms with van der Waals surface area (Å²) in [5, 5.41) is 10.3. The molecule has 3 aromatic heterocycles. The van der Waals surface area contributed by atoms with Gasteiger partial charge < -0.3 is 10.6 Å². The molecule has 0 atom stereocenters. The molecule has 0 bridgehead atoms. The van der Waals surface area contributed by atoms with E-state index in [2.05, 4.69) is 36.5 Å². The SMILES string of the molecule is O=C(Cc1csc(-c2cc(Br)cs2)n1)NCCNC(=O)c1cccnc1. The monoisotopic (exact) mass is 450 g/mol. The van der Waals surface area contributed by atoms with Crippen molar-refractivity contribution in [3.8, 4) is 9.88 Å². The maximum Gasteiger partial charge on any atom is 0.252 e. The van der Waals surface area contributed by atoms with Gasteiger partial charge in [-0.2, -0.15) is 0 Å². The van der Waals surface area contributed by atoms with Crippen molar-refractivity contribution in [3.63, 3.8) is 0 Å². The summed E-state index contributed by atoms with van der Waals surface area (Å²) >= 11 is 6.56. The highest BCUT2D eigenvalue weighted by Gasteiger charge is 2.10. The van der Waals surface area contributed by atoms with Crippen LogP contribution in [0.3, 0.4) is 0 Å². The van der Waals surface area contributed by atoms with Crippen LogP contribution in [0.2, 0.25) is 0 Å². The van der Waals surface area contributed by atoms with Crippen LogP contribution in [0.25, 0.3) is 9.88 Å². The standard InChI is InChI=1S/C17H15BrN4O2S2/c18-12-6-14(25-9-12)17-22-13(10-26-17)7-15(23)20-4-5-21-16(24)11-2-1-3-19-8-11/h1-3,6,8-10H,4-5,7H2,(H,20,23)(H,21,24). The molecular weight excluding hydrogens is 436 g/mol. The van der Waals surface area contributed by atoms with E-state index in [0.717, 1.165) is 20.1 Å². The third-order valence-corrected chi connectivity index (χ3v) is 6.08. The number of thiophene rings is 1. The molecule has 0 saturated carbocycles. The van der Waals surface area contributed by atoms with Crippen LogP contribution in [0.1, 0.15) is 16.1 Å². The van der Waals surface area contributed by atoms with Gasteiger partial charge in [-0.25, -0.2) is 4.98 Å². The molecule has 0 radical (unpaired) electrons. The summed E-state index contributed by atoms with van der Waals surface area (Å²) in [4.78, 5) is 33.3. The fraction of sp³-hybridized carbons (Fsp3) is 0.176. The predicted molar refractivity (Wildman–Crippen MR) is 106 cm³/mol. The van der Waals surface area contributed by atoms with E-state index in [9.17, 15) is 9.59 Å². The van der Waals surface area contributed by atoms with E-state index in [1.807, 2.05) is 16.8 Å². The number of hydrogen-bond acceptors (Lipinski definition) is 6. The fourth-order valence-corrected chi connectivity index (χ4v) is 4.46. The number of carbonyl (C=O) groups excluding carboxylic acids is 2. The molecule has 0 unspecified atom stereocenters. The molecule has 2 N–H and O–H groups in total. The van der Waals surface area contributed by atoms with Crippen molar-refractivity contribution in [2.45, 2.75) is 6.42 Å². The van der Waals surface area contributed by atoms with Crippen LogP contribution < -0.4 is 10.6 Å². The molecule has 6 nitrogen and oxygen atoms in total. The lowest BCUT2D eigenvalue weighted by atomic mass is 10.3. The number of thiazole rings is 1. The Kier molecular flexibility index (Phi) is 6.48. The molecule has 9 heteroatoms. The Morgan fingerprint density at radius 2 is 2.00 bits per heavy atom. The first-order valence-electron chi connectivity index (χ1n) is 7.75.